The second-order valence-electron chi connectivity index (χ2n) is 1.60. The molecule has 0 aromatic heterocycles. The van der Waals surface area contributed by atoms with Crippen LogP contribution >= 0.6 is 0 Å². The summed E-state index contributed by atoms with van der Waals surface area (Å²) in [6, 6.07) is 0. The van der Waals surface area contributed by atoms with Crippen molar-refractivity contribution in [3.05, 3.63) is 0 Å². The van der Waals surface area contributed by atoms with E-state index >= 15 is 0 Å². The standard InChI is InChI=1S/C5H10N2O2/c1-2-3-4-9-5(8)7-6/h2-4H2,1H3,(H,7,8). The molecule has 0 unspecified atom stereocenters. The molecule has 0 spiro atoms. The highest BCUT2D eigenvalue weighted by Gasteiger charge is 1.95. The molecule has 4 heteroatoms. The van der Waals surface area contributed by atoms with Crippen LogP contribution < -0.4 is 11.3 Å². The maximum atomic E-state index is 10.1. The first-order valence-electron chi connectivity index (χ1n) is 2.88. The van der Waals surface area contributed by atoms with Crippen molar-refractivity contribution in [2.45, 2.75) is 19.8 Å². The highest BCUT2D eigenvalue weighted by Crippen LogP contribution is 1.86. The van der Waals surface area contributed by atoms with E-state index in [2.05, 4.69) is 4.74 Å². The summed E-state index contributed by atoms with van der Waals surface area (Å²) in [5, 5.41) is 0. The van der Waals surface area contributed by atoms with Crippen molar-refractivity contribution >= 4 is 6.09 Å². The lowest BCUT2D eigenvalue weighted by molar-refractivity contribution is 0.144. The lowest BCUT2D eigenvalue weighted by atomic mass is 10.4. The Morgan fingerprint density at radius 2 is 2.44 bits per heavy atom. The van der Waals surface area contributed by atoms with Gasteiger partial charge in [-0.3, -0.25) is 0 Å². The topological polar surface area (TPSA) is 60.6 Å². The number of hydrogen-bond acceptors (Lipinski definition) is 2. The number of nitrogens with one attached hydrogen (secondary N) is 1. The van der Waals surface area contributed by atoms with Crippen LogP contribution in [0.4, 0.5) is 4.79 Å². The summed E-state index contributed by atoms with van der Waals surface area (Å²) in [5.74, 6) is 7.91. The van der Waals surface area contributed by atoms with Crippen LogP contribution in [0.1, 0.15) is 19.8 Å². The summed E-state index contributed by atoms with van der Waals surface area (Å²) in [4.78, 5) is 10.1. The van der Waals surface area contributed by atoms with E-state index in [0.29, 0.717) is 6.61 Å². The molecule has 0 fully saturated rings. The molecule has 0 heterocycles. The van der Waals surface area contributed by atoms with Gasteiger partial charge in [-0.25, -0.2) is 10.2 Å². The quantitative estimate of drug-likeness (QED) is 0.446. The molecular formula is C5H10N2O2. The van der Waals surface area contributed by atoms with Gasteiger partial charge in [0.25, 0.3) is 0 Å². The van der Waals surface area contributed by atoms with Gasteiger partial charge in [-0.15, -0.1) is 0 Å². The molecule has 1 N–H and O–H groups in total. The van der Waals surface area contributed by atoms with Crippen LogP contribution in [0.15, 0.2) is 0 Å². The first-order valence-corrected chi connectivity index (χ1v) is 2.88. The van der Waals surface area contributed by atoms with Crippen molar-refractivity contribution in [2.24, 2.45) is 0 Å². The predicted molar refractivity (Wildman–Crippen MR) is 31.5 cm³/mol. The first kappa shape index (κ1) is 8.23. The Bertz CT molecular complexity index is 85.0. The molecule has 1 amide bonds. The monoisotopic (exact) mass is 130 g/mol. The number of amides is 1. The Hall–Kier alpha value is -0.770. The second kappa shape index (κ2) is 5.37. The molecule has 0 aromatic carbocycles. The zero-order valence-electron chi connectivity index (χ0n) is 5.39. The largest absolute Gasteiger partial charge is 0.449 e. The van der Waals surface area contributed by atoms with Crippen LogP contribution in [-0.2, 0) is 4.74 Å². The zero-order chi connectivity index (χ0) is 7.11. The fraction of sp³-hybridized carbons (Fsp3) is 0.800. The number of carbonyl (C=O) groups excluding carboxylic acids is 1. The maximum absolute atomic E-state index is 10.1. The van der Waals surface area contributed by atoms with Crippen molar-refractivity contribution in [3.8, 4) is 0 Å². The molecule has 9 heavy (non-hydrogen) atoms. The Morgan fingerprint density at radius 1 is 1.78 bits per heavy atom. The Labute approximate surface area is 54.3 Å². The van der Waals surface area contributed by atoms with Crippen LogP contribution in [0, 0.1) is 0 Å². The summed E-state index contributed by atoms with van der Waals surface area (Å²) in [5.41, 5.74) is 1.36. The fourth-order valence-electron chi connectivity index (χ4n) is 0.341. The van der Waals surface area contributed by atoms with E-state index in [0.717, 1.165) is 12.8 Å². The molecular weight excluding hydrogens is 120 g/mol. The molecule has 2 radical (unpaired) electrons. The van der Waals surface area contributed by atoms with Gasteiger partial charge in [0.1, 0.15) is 0 Å². The van der Waals surface area contributed by atoms with Gasteiger partial charge in [0.05, 0.1) is 6.61 Å². The van der Waals surface area contributed by atoms with Crippen molar-refractivity contribution in [1.29, 1.82) is 0 Å². The third kappa shape index (κ3) is 5.10. The van der Waals surface area contributed by atoms with Crippen LogP contribution in [0.25, 0.3) is 0 Å². The number of carbonyl (C=O) groups is 1. The third-order valence-corrected chi connectivity index (χ3v) is 0.822. The van der Waals surface area contributed by atoms with Crippen molar-refractivity contribution in [2.75, 3.05) is 6.61 Å². The highest BCUT2D eigenvalue weighted by molar-refractivity contribution is 5.66. The van der Waals surface area contributed by atoms with Crippen molar-refractivity contribution in [3.63, 3.8) is 0 Å². The summed E-state index contributed by atoms with van der Waals surface area (Å²) >= 11 is 0. The zero-order valence-corrected chi connectivity index (χ0v) is 5.39. The van der Waals surface area contributed by atoms with E-state index in [4.69, 9.17) is 5.84 Å². The molecule has 0 aliphatic heterocycles. The van der Waals surface area contributed by atoms with Gasteiger partial charge in [-0.2, -0.15) is 0 Å². The molecule has 0 bridgehead atoms. The normalized spacial score (nSPS) is 8.67. The van der Waals surface area contributed by atoms with Crippen LogP contribution in [0.5, 0.6) is 0 Å². The van der Waals surface area contributed by atoms with Gasteiger partial charge < -0.3 is 4.74 Å². The van der Waals surface area contributed by atoms with E-state index < -0.39 is 6.09 Å². The fourth-order valence-corrected chi connectivity index (χ4v) is 0.341. The molecule has 0 saturated carbocycles. The number of unbranched alkanes of at least 4 members (excludes halogenated alkanes) is 1. The minimum Gasteiger partial charge on any atom is -0.449 e. The average molecular weight is 130 g/mol. The van der Waals surface area contributed by atoms with Gasteiger partial charge >= 0.3 is 6.09 Å². The van der Waals surface area contributed by atoms with E-state index in [-0.39, 0.29) is 0 Å². The molecule has 0 aliphatic carbocycles. The molecule has 0 aliphatic rings. The van der Waals surface area contributed by atoms with Gasteiger partial charge in [-0.1, -0.05) is 13.3 Å². The number of rotatable bonds is 3. The SMILES string of the molecule is CCCCOC(=O)N[N]. The van der Waals surface area contributed by atoms with Crippen molar-refractivity contribution in [1.82, 2.24) is 11.3 Å². The lowest BCUT2D eigenvalue weighted by Gasteiger charge is -1.98. The van der Waals surface area contributed by atoms with E-state index in [9.17, 15) is 4.79 Å². The summed E-state index contributed by atoms with van der Waals surface area (Å²) in [6.45, 7) is 2.35. The third-order valence-electron chi connectivity index (χ3n) is 0.822. The molecule has 0 rings (SSSR count). The van der Waals surface area contributed by atoms with Gasteiger partial charge in [-0.05, 0) is 12.3 Å². The lowest BCUT2D eigenvalue weighted by Crippen LogP contribution is -2.22. The molecule has 0 aromatic rings. The number of hydrogen-bond donors (Lipinski definition) is 1. The smallest absolute Gasteiger partial charge is 0.424 e. The molecule has 52 valence electrons. The minimum atomic E-state index is -0.788. The van der Waals surface area contributed by atoms with E-state index in [1.165, 1.54) is 5.43 Å². The Morgan fingerprint density at radius 3 is 2.89 bits per heavy atom. The van der Waals surface area contributed by atoms with Crippen molar-refractivity contribution < 1.29 is 9.53 Å². The molecule has 0 saturated heterocycles. The Kier molecular flexibility index (Phi) is 4.91. The maximum Gasteiger partial charge on any atom is 0.424 e. The van der Waals surface area contributed by atoms with Gasteiger partial charge in [0, 0.05) is 0 Å². The van der Waals surface area contributed by atoms with Gasteiger partial charge in [0.2, 0.25) is 0 Å². The van der Waals surface area contributed by atoms with E-state index in [1.54, 1.807) is 0 Å². The number of ether oxygens (including phenoxy) is 1. The number of nitrogens with zero attached hydrogens (tertiary/aromatic N) is 1. The predicted octanol–water partition coefficient (Wildman–Crippen LogP) is 0.496. The Balaban J connectivity index is 2.97. The van der Waals surface area contributed by atoms with Crippen LogP contribution in [-0.4, -0.2) is 12.7 Å². The summed E-state index contributed by atoms with van der Waals surface area (Å²) in [6.07, 6.45) is 1.01. The van der Waals surface area contributed by atoms with Crippen LogP contribution in [0.2, 0.25) is 0 Å². The second-order valence-corrected chi connectivity index (χ2v) is 1.60. The van der Waals surface area contributed by atoms with E-state index in [1.807, 2.05) is 6.92 Å². The average Bonchev–Trinajstić information content (AvgIpc) is 1.89. The summed E-state index contributed by atoms with van der Waals surface area (Å²) in [7, 11) is 0. The van der Waals surface area contributed by atoms with Gasteiger partial charge in [0.15, 0.2) is 0 Å². The summed E-state index contributed by atoms with van der Waals surface area (Å²) < 4.78 is 4.43. The molecule has 4 nitrogen and oxygen atoms in total. The van der Waals surface area contributed by atoms with Crippen LogP contribution in [0.3, 0.4) is 0 Å². The highest BCUT2D eigenvalue weighted by atomic mass is 16.5. The first-order chi connectivity index (χ1) is 4.31. The minimum absolute atomic E-state index is 0.364. The molecule has 0 atom stereocenters.